The molecule has 0 atom stereocenters. The number of rotatable bonds is 6. The molecule has 2 aromatic rings. The molecule has 1 aromatic heterocycles. The zero-order valence-corrected chi connectivity index (χ0v) is 10.3. The lowest BCUT2D eigenvalue weighted by Gasteiger charge is -2.07. The lowest BCUT2D eigenvalue weighted by molar-refractivity contribution is 0.0140. The number of nitrogen functional groups attached to an aromatic ring is 1. The van der Waals surface area contributed by atoms with Crippen molar-refractivity contribution >= 4 is 5.69 Å². The van der Waals surface area contributed by atoms with Gasteiger partial charge in [-0.05, 0) is 28.6 Å². The third kappa shape index (κ3) is 3.44. The first kappa shape index (κ1) is 14.3. The Kier molecular flexibility index (Phi) is 4.51. The molecule has 0 saturated carbocycles. The summed E-state index contributed by atoms with van der Waals surface area (Å²) in [6.07, 6.45) is -2.53. The Morgan fingerprint density at radius 2 is 2.15 bits per heavy atom. The number of anilines is 1. The zero-order valence-electron chi connectivity index (χ0n) is 10.3. The molecule has 0 aliphatic rings. The van der Waals surface area contributed by atoms with Crippen LogP contribution in [0.3, 0.4) is 0 Å². The summed E-state index contributed by atoms with van der Waals surface area (Å²) in [5, 5.41) is 10.8. The maximum atomic E-state index is 13.7. The molecule has 0 spiro atoms. The highest BCUT2D eigenvalue weighted by molar-refractivity contribution is 5.61. The largest absolute Gasteiger partial charge is 0.399 e. The van der Waals surface area contributed by atoms with Crippen LogP contribution in [0.5, 0.6) is 0 Å². The third-order valence-electron chi connectivity index (χ3n) is 2.45. The Hall–Kier alpha value is -2.16. The molecule has 0 saturated heterocycles. The number of nitrogens with zero attached hydrogens (tertiary/aromatic N) is 4. The van der Waals surface area contributed by atoms with Gasteiger partial charge in [0.25, 0.3) is 6.43 Å². The quantitative estimate of drug-likeness (QED) is 0.640. The van der Waals surface area contributed by atoms with Crippen molar-refractivity contribution in [3.05, 3.63) is 24.0 Å². The van der Waals surface area contributed by atoms with Crippen LogP contribution in [0.15, 0.2) is 18.2 Å². The number of benzene rings is 1. The van der Waals surface area contributed by atoms with E-state index >= 15 is 0 Å². The van der Waals surface area contributed by atoms with Crippen molar-refractivity contribution in [2.75, 3.05) is 18.9 Å². The average molecular weight is 287 g/mol. The van der Waals surface area contributed by atoms with Gasteiger partial charge in [0.05, 0.1) is 18.7 Å². The molecule has 108 valence electrons. The number of hydrogen-bond acceptors (Lipinski definition) is 5. The minimum absolute atomic E-state index is 0.00762. The van der Waals surface area contributed by atoms with E-state index < -0.39 is 18.8 Å². The van der Waals surface area contributed by atoms with Gasteiger partial charge < -0.3 is 10.5 Å². The fraction of sp³-hybridized carbons (Fsp3) is 0.364. The van der Waals surface area contributed by atoms with Gasteiger partial charge in [0.2, 0.25) is 0 Å². The molecule has 9 heteroatoms. The smallest absolute Gasteiger partial charge is 0.261 e. The third-order valence-corrected chi connectivity index (χ3v) is 2.45. The summed E-state index contributed by atoms with van der Waals surface area (Å²) >= 11 is 0. The number of hydrogen-bond donors (Lipinski definition) is 1. The number of halogens is 3. The Bertz CT molecular complexity index is 575. The summed E-state index contributed by atoms with van der Waals surface area (Å²) < 4.78 is 43.5. The topological polar surface area (TPSA) is 78.9 Å². The van der Waals surface area contributed by atoms with Crippen molar-refractivity contribution in [1.29, 1.82) is 0 Å². The molecule has 0 aliphatic heterocycles. The van der Waals surface area contributed by atoms with E-state index in [-0.39, 0.29) is 24.5 Å². The molecule has 2 rings (SSSR count). The molecule has 2 N–H and O–H groups in total. The molecule has 6 nitrogen and oxygen atoms in total. The first-order chi connectivity index (χ1) is 9.58. The van der Waals surface area contributed by atoms with Gasteiger partial charge >= 0.3 is 0 Å². The molecule has 0 amide bonds. The fourth-order valence-electron chi connectivity index (χ4n) is 1.59. The van der Waals surface area contributed by atoms with E-state index in [0.29, 0.717) is 5.69 Å². The molecule has 0 aliphatic carbocycles. The summed E-state index contributed by atoms with van der Waals surface area (Å²) in [5.41, 5.74) is 6.09. The summed E-state index contributed by atoms with van der Waals surface area (Å²) in [6, 6.07) is 4.02. The number of tetrazole rings is 1. The number of aromatic nitrogens is 4. The highest BCUT2D eigenvalue weighted by Crippen LogP contribution is 2.22. The Morgan fingerprint density at radius 1 is 1.35 bits per heavy atom. The number of ether oxygens (including phenoxy) is 1. The second-order valence-corrected chi connectivity index (χ2v) is 3.93. The predicted molar refractivity (Wildman–Crippen MR) is 64.4 cm³/mol. The van der Waals surface area contributed by atoms with Gasteiger partial charge in [-0.15, -0.1) is 5.10 Å². The maximum Gasteiger partial charge on any atom is 0.261 e. The van der Waals surface area contributed by atoms with Crippen LogP contribution in [0.2, 0.25) is 0 Å². The van der Waals surface area contributed by atoms with E-state index in [2.05, 4.69) is 15.5 Å². The van der Waals surface area contributed by atoms with Crippen molar-refractivity contribution in [3.63, 3.8) is 0 Å². The standard InChI is InChI=1S/C11H12F3N5O/c12-9-2-1-7(15)5-8(9)11-16-17-18-19(11)3-4-20-6-10(13)14/h1-2,5,10H,3-4,6,15H2. The first-order valence-electron chi connectivity index (χ1n) is 5.75. The Labute approximate surface area is 112 Å². The highest BCUT2D eigenvalue weighted by atomic mass is 19.3. The summed E-state index contributed by atoms with van der Waals surface area (Å²) in [6.45, 7) is -0.542. The van der Waals surface area contributed by atoms with E-state index in [1.54, 1.807) is 0 Å². The average Bonchev–Trinajstić information content (AvgIpc) is 2.85. The van der Waals surface area contributed by atoms with Crippen LogP contribution in [0.25, 0.3) is 11.4 Å². The zero-order chi connectivity index (χ0) is 14.5. The Morgan fingerprint density at radius 3 is 2.90 bits per heavy atom. The summed E-state index contributed by atoms with van der Waals surface area (Å²) in [4.78, 5) is 0. The van der Waals surface area contributed by atoms with Crippen LogP contribution in [-0.2, 0) is 11.3 Å². The normalized spacial score (nSPS) is 11.2. The van der Waals surface area contributed by atoms with Crippen LogP contribution in [-0.4, -0.2) is 39.8 Å². The predicted octanol–water partition coefficient (Wildman–Crippen LogP) is 1.34. The minimum atomic E-state index is -2.53. The van der Waals surface area contributed by atoms with E-state index in [1.807, 2.05) is 0 Å². The lowest BCUT2D eigenvalue weighted by atomic mass is 10.2. The second-order valence-electron chi connectivity index (χ2n) is 3.93. The molecular weight excluding hydrogens is 275 g/mol. The van der Waals surface area contributed by atoms with Gasteiger partial charge in [-0.3, -0.25) is 0 Å². The van der Waals surface area contributed by atoms with Gasteiger partial charge in [0.1, 0.15) is 12.4 Å². The Balaban J connectivity index is 2.10. The van der Waals surface area contributed by atoms with Crippen molar-refractivity contribution in [3.8, 4) is 11.4 Å². The lowest BCUT2D eigenvalue weighted by Crippen LogP contribution is -2.13. The van der Waals surface area contributed by atoms with Gasteiger partial charge in [0.15, 0.2) is 5.82 Å². The van der Waals surface area contributed by atoms with Crippen molar-refractivity contribution in [1.82, 2.24) is 20.2 Å². The van der Waals surface area contributed by atoms with Gasteiger partial charge in [-0.25, -0.2) is 17.9 Å². The SMILES string of the molecule is Nc1ccc(F)c(-c2nnnn2CCOCC(F)F)c1. The molecule has 1 heterocycles. The van der Waals surface area contributed by atoms with Crippen LogP contribution >= 0.6 is 0 Å². The van der Waals surface area contributed by atoms with Crippen molar-refractivity contribution in [2.45, 2.75) is 13.0 Å². The van der Waals surface area contributed by atoms with E-state index in [4.69, 9.17) is 10.5 Å². The molecule has 0 unspecified atom stereocenters. The first-order valence-corrected chi connectivity index (χ1v) is 5.75. The van der Waals surface area contributed by atoms with Crippen LogP contribution < -0.4 is 5.73 Å². The van der Waals surface area contributed by atoms with Crippen LogP contribution in [0, 0.1) is 5.82 Å². The maximum absolute atomic E-state index is 13.7. The van der Waals surface area contributed by atoms with Crippen molar-refractivity contribution in [2.24, 2.45) is 0 Å². The van der Waals surface area contributed by atoms with Gasteiger partial charge in [-0.2, -0.15) is 0 Å². The van der Waals surface area contributed by atoms with Crippen molar-refractivity contribution < 1.29 is 17.9 Å². The highest BCUT2D eigenvalue weighted by Gasteiger charge is 2.14. The molecule has 0 fully saturated rings. The molecule has 0 radical (unpaired) electrons. The summed E-state index contributed by atoms with van der Waals surface area (Å²) in [5.74, 6) is -0.362. The fourth-order valence-corrected chi connectivity index (χ4v) is 1.59. The summed E-state index contributed by atoms with van der Waals surface area (Å²) in [7, 11) is 0. The molecule has 1 aromatic carbocycles. The second kappa shape index (κ2) is 6.33. The van der Waals surface area contributed by atoms with Gasteiger partial charge in [0, 0.05) is 5.69 Å². The van der Waals surface area contributed by atoms with Crippen LogP contribution in [0.1, 0.15) is 0 Å². The monoisotopic (exact) mass is 287 g/mol. The van der Waals surface area contributed by atoms with Gasteiger partial charge in [-0.1, -0.05) is 0 Å². The number of alkyl halides is 2. The van der Waals surface area contributed by atoms with Crippen LogP contribution in [0.4, 0.5) is 18.9 Å². The molecule has 20 heavy (non-hydrogen) atoms. The minimum Gasteiger partial charge on any atom is -0.399 e. The van der Waals surface area contributed by atoms with E-state index in [9.17, 15) is 13.2 Å². The van der Waals surface area contributed by atoms with E-state index in [1.165, 1.54) is 22.9 Å². The molecular formula is C11H12F3N5O. The molecule has 0 bridgehead atoms. The number of nitrogens with two attached hydrogens (primary N) is 1. The van der Waals surface area contributed by atoms with E-state index in [0.717, 1.165) is 0 Å².